The second-order valence-corrected chi connectivity index (χ2v) is 7.34. The summed E-state index contributed by atoms with van der Waals surface area (Å²) in [6.45, 7) is 5.66. The van der Waals surface area contributed by atoms with E-state index in [9.17, 15) is 0 Å². The Hall–Kier alpha value is -1.60. The number of rotatable bonds is 3. The van der Waals surface area contributed by atoms with Crippen molar-refractivity contribution in [1.29, 1.82) is 0 Å². The summed E-state index contributed by atoms with van der Waals surface area (Å²) >= 11 is 2.36. The number of anilines is 1. The van der Waals surface area contributed by atoms with Gasteiger partial charge in [-0.25, -0.2) is 4.52 Å². The molecule has 1 N–H and O–H groups in total. The highest BCUT2D eigenvalue weighted by Gasteiger charge is 2.21. The number of fused-ring (bicyclic) bond motifs is 1. The standard InChI is InChI=1S/C18H19IN4/c19-16-4-6-17(7-5-16)22-11-9-21(10-12-22)14-15-13-20-23-8-2-1-3-18(15)23/h1-8,13H,9-12,14H2/p+1. The number of aromatic nitrogens is 2. The zero-order valence-corrected chi connectivity index (χ0v) is 15.1. The van der Waals surface area contributed by atoms with Gasteiger partial charge in [-0.15, -0.1) is 0 Å². The number of piperazine rings is 1. The Kier molecular flexibility index (Phi) is 4.22. The summed E-state index contributed by atoms with van der Waals surface area (Å²) in [5.74, 6) is 0. The predicted octanol–water partition coefficient (Wildman–Crippen LogP) is 1.84. The minimum atomic E-state index is 1.06. The van der Waals surface area contributed by atoms with Gasteiger partial charge in [0.15, 0.2) is 0 Å². The number of halogens is 1. The van der Waals surface area contributed by atoms with Crippen molar-refractivity contribution in [2.45, 2.75) is 6.54 Å². The van der Waals surface area contributed by atoms with Crippen molar-refractivity contribution in [1.82, 2.24) is 9.61 Å². The summed E-state index contributed by atoms with van der Waals surface area (Å²) in [5.41, 5.74) is 3.93. The second-order valence-electron chi connectivity index (χ2n) is 6.09. The van der Waals surface area contributed by atoms with Crippen LogP contribution in [0.3, 0.4) is 0 Å². The number of hydrogen-bond donors (Lipinski definition) is 1. The van der Waals surface area contributed by atoms with Crippen LogP contribution >= 0.6 is 22.6 Å². The third-order valence-electron chi connectivity index (χ3n) is 4.61. The first-order chi connectivity index (χ1) is 11.3. The quantitative estimate of drug-likeness (QED) is 0.656. The molecular weight excluding hydrogens is 399 g/mol. The van der Waals surface area contributed by atoms with Crippen LogP contribution in [0.4, 0.5) is 5.69 Å². The third kappa shape index (κ3) is 3.21. The van der Waals surface area contributed by atoms with Gasteiger partial charge in [-0.3, -0.25) is 0 Å². The molecule has 0 unspecified atom stereocenters. The molecule has 4 nitrogen and oxygen atoms in total. The van der Waals surface area contributed by atoms with Gasteiger partial charge in [-0.2, -0.15) is 5.10 Å². The molecule has 0 spiro atoms. The number of nitrogens with one attached hydrogen (secondary N) is 1. The highest BCUT2D eigenvalue weighted by atomic mass is 127. The normalized spacial score (nSPS) is 16.1. The maximum atomic E-state index is 4.45. The van der Waals surface area contributed by atoms with Crippen LogP contribution in [0.5, 0.6) is 0 Å². The zero-order valence-electron chi connectivity index (χ0n) is 13.0. The number of hydrogen-bond acceptors (Lipinski definition) is 2. The van der Waals surface area contributed by atoms with Crippen molar-refractivity contribution >= 4 is 33.8 Å². The molecule has 4 rings (SSSR count). The average Bonchev–Trinajstić information content (AvgIpc) is 3.00. The molecule has 5 heteroatoms. The molecule has 118 valence electrons. The van der Waals surface area contributed by atoms with Crippen LogP contribution in [0.2, 0.25) is 0 Å². The summed E-state index contributed by atoms with van der Waals surface area (Å²) in [7, 11) is 0. The predicted molar refractivity (Wildman–Crippen MR) is 101 cm³/mol. The molecule has 1 aromatic carbocycles. The van der Waals surface area contributed by atoms with Crippen LogP contribution in [0, 0.1) is 3.57 Å². The molecule has 1 aliphatic heterocycles. The highest BCUT2D eigenvalue weighted by Crippen LogP contribution is 2.16. The first-order valence-corrected chi connectivity index (χ1v) is 9.13. The Balaban J connectivity index is 1.41. The van der Waals surface area contributed by atoms with Crippen LogP contribution < -0.4 is 9.80 Å². The molecule has 0 atom stereocenters. The van der Waals surface area contributed by atoms with E-state index in [0.29, 0.717) is 0 Å². The summed E-state index contributed by atoms with van der Waals surface area (Å²) in [6.07, 6.45) is 4.04. The summed E-state index contributed by atoms with van der Waals surface area (Å²) in [6, 6.07) is 15.1. The summed E-state index contributed by atoms with van der Waals surface area (Å²) in [5, 5.41) is 4.45. The molecular formula is C18H20IN4+. The molecule has 0 amide bonds. The Morgan fingerprint density at radius 3 is 2.61 bits per heavy atom. The molecule has 2 aromatic heterocycles. The maximum absolute atomic E-state index is 4.45. The molecule has 3 heterocycles. The summed E-state index contributed by atoms with van der Waals surface area (Å²) in [4.78, 5) is 4.14. The minimum Gasteiger partial charge on any atom is -0.360 e. The van der Waals surface area contributed by atoms with E-state index in [1.807, 2.05) is 23.0 Å². The van der Waals surface area contributed by atoms with E-state index in [4.69, 9.17) is 0 Å². The summed E-state index contributed by atoms with van der Waals surface area (Å²) < 4.78 is 3.26. The van der Waals surface area contributed by atoms with Crippen molar-refractivity contribution in [3.05, 3.63) is 64.0 Å². The van der Waals surface area contributed by atoms with Gasteiger partial charge >= 0.3 is 0 Å². The number of benzene rings is 1. The number of quaternary nitrogens is 1. The molecule has 23 heavy (non-hydrogen) atoms. The van der Waals surface area contributed by atoms with Gasteiger partial charge in [-0.1, -0.05) is 6.07 Å². The number of nitrogens with zero attached hydrogens (tertiary/aromatic N) is 3. The Morgan fingerprint density at radius 2 is 1.83 bits per heavy atom. The molecule has 1 aliphatic rings. The largest absolute Gasteiger partial charge is 0.360 e. The lowest BCUT2D eigenvalue weighted by molar-refractivity contribution is -0.914. The van der Waals surface area contributed by atoms with Crippen molar-refractivity contribution < 1.29 is 4.90 Å². The van der Waals surface area contributed by atoms with Crippen molar-refractivity contribution in [3.63, 3.8) is 0 Å². The Labute approximate surface area is 149 Å². The van der Waals surface area contributed by atoms with Crippen LogP contribution in [-0.2, 0) is 6.54 Å². The fourth-order valence-electron chi connectivity index (χ4n) is 3.30. The molecule has 1 fully saturated rings. The third-order valence-corrected chi connectivity index (χ3v) is 5.33. The highest BCUT2D eigenvalue weighted by molar-refractivity contribution is 14.1. The van der Waals surface area contributed by atoms with Gasteiger partial charge in [0.1, 0.15) is 6.54 Å². The fraction of sp³-hybridized carbons (Fsp3) is 0.278. The van der Waals surface area contributed by atoms with E-state index in [1.54, 1.807) is 4.90 Å². The van der Waals surface area contributed by atoms with Gasteiger partial charge in [0, 0.05) is 15.5 Å². The zero-order chi connectivity index (χ0) is 15.6. The lowest BCUT2D eigenvalue weighted by Crippen LogP contribution is -3.13. The van der Waals surface area contributed by atoms with Gasteiger partial charge < -0.3 is 9.80 Å². The van der Waals surface area contributed by atoms with Gasteiger partial charge in [-0.05, 0) is 59.0 Å². The molecule has 0 saturated carbocycles. The SMILES string of the molecule is Ic1ccc(N2CC[NH+](Cc3cnn4ccccc34)CC2)cc1. The van der Waals surface area contributed by atoms with E-state index >= 15 is 0 Å². The Bertz CT molecular complexity index is 788. The van der Waals surface area contributed by atoms with E-state index in [2.05, 4.69) is 69.0 Å². The molecule has 0 bridgehead atoms. The Morgan fingerprint density at radius 1 is 1.04 bits per heavy atom. The van der Waals surface area contributed by atoms with Gasteiger partial charge in [0.25, 0.3) is 0 Å². The topological polar surface area (TPSA) is 25.0 Å². The van der Waals surface area contributed by atoms with Crippen LogP contribution in [-0.4, -0.2) is 35.8 Å². The van der Waals surface area contributed by atoms with Gasteiger partial charge in [0.2, 0.25) is 0 Å². The smallest absolute Gasteiger partial charge is 0.107 e. The molecule has 3 aromatic rings. The lowest BCUT2D eigenvalue weighted by atomic mass is 10.2. The van der Waals surface area contributed by atoms with E-state index in [0.717, 1.165) is 19.6 Å². The molecule has 0 radical (unpaired) electrons. The van der Waals surface area contributed by atoms with Crippen LogP contribution in [0.15, 0.2) is 54.9 Å². The molecule has 0 aliphatic carbocycles. The van der Waals surface area contributed by atoms with Crippen molar-refractivity contribution in [3.8, 4) is 0 Å². The fourth-order valence-corrected chi connectivity index (χ4v) is 3.66. The minimum absolute atomic E-state index is 1.06. The van der Waals surface area contributed by atoms with E-state index < -0.39 is 0 Å². The average molecular weight is 419 g/mol. The first kappa shape index (κ1) is 15.0. The second kappa shape index (κ2) is 6.49. The van der Waals surface area contributed by atoms with E-state index in [-0.39, 0.29) is 0 Å². The van der Waals surface area contributed by atoms with Gasteiger partial charge in [0.05, 0.1) is 43.5 Å². The molecule has 1 saturated heterocycles. The monoisotopic (exact) mass is 419 g/mol. The van der Waals surface area contributed by atoms with Crippen molar-refractivity contribution in [2.75, 3.05) is 31.1 Å². The maximum Gasteiger partial charge on any atom is 0.107 e. The first-order valence-electron chi connectivity index (χ1n) is 8.05. The van der Waals surface area contributed by atoms with Crippen LogP contribution in [0.1, 0.15) is 5.56 Å². The van der Waals surface area contributed by atoms with Crippen molar-refractivity contribution in [2.24, 2.45) is 0 Å². The van der Waals surface area contributed by atoms with Crippen LogP contribution in [0.25, 0.3) is 5.52 Å². The van der Waals surface area contributed by atoms with E-state index in [1.165, 1.54) is 33.4 Å². The lowest BCUT2D eigenvalue weighted by Gasteiger charge is -2.33. The number of pyridine rings is 1.